The lowest BCUT2D eigenvalue weighted by Crippen LogP contribution is -2.12. The summed E-state index contributed by atoms with van der Waals surface area (Å²) >= 11 is 0. The van der Waals surface area contributed by atoms with Crippen molar-refractivity contribution >= 4 is 13.7 Å². The summed E-state index contributed by atoms with van der Waals surface area (Å²) < 4.78 is 11.6. The first-order valence-corrected chi connectivity index (χ1v) is 6.35. The summed E-state index contributed by atoms with van der Waals surface area (Å²) in [5.74, 6) is 0.948. The highest BCUT2D eigenvalue weighted by molar-refractivity contribution is 7.56. The molecule has 0 spiro atoms. The Balaban J connectivity index is 1.89. The summed E-state index contributed by atoms with van der Waals surface area (Å²) in [5.41, 5.74) is 1.12. The third-order valence-electron chi connectivity index (χ3n) is 2.46. The van der Waals surface area contributed by atoms with Crippen LogP contribution in [0, 0.1) is 0 Å². The molecule has 2 nitrogen and oxygen atoms in total. The molecule has 0 aromatic heterocycles. The molecule has 0 saturated heterocycles. The highest BCUT2D eigenvalue weighted by atomic mass is 31.2. The quantitative estimate of drug-likeness (QED) is 0.700. The minimum absolute atomic E-state index is 0.636. The van der Waals surface area contributed by atoms with Crippen molar-refractivity contribution in [2.75, 3.05) is 0 Å². The van der Waals surface area contributed by atoms with E-state index in [1.807, 2.05) is 54.6 Å². The minimum atomic E-state index is -0.953. The maximum Gasteiger partial charge on any atom is 0.265 e. The Kier molecular flexibility index (Phi) is 2.61. The van der Waals surface area contributed by atoms with Gasteiger partial charge in [0.1, 0.15) is 5.75 Å². The van der Waals surface area contributed by atoms with Gasteiger partial charge in [-0.2, -0.15) is 0 Å². The lowest BCUT2D eigenvalue weighted by molar-refractivity contribution is 0.284. The van der Waals surface area contributed by atoms with Gasteiger partial charge in [0.25, 0.3) is 8.38 Å². The zero-order valence-corrected chi connectivity index (χ0v) is 9.56. The Bertz CT molecular complexity index is 484. The van der Waals surface area contributed by atoms with Gasteiger partial charge in [0, 0.05) is 10.9 Å². The summed E-state index contributed by atoms with van der Waals surface area (Å²) in [7, 11) is -0.953. The zero-order valence-electron chi connectivity index (χ0n) is 8.67. The summed E-state index contributed by atoms with van der Waals surface area (Å²) in [5, 5.41) is 1.12. The fraction of sp³-hybridized carbons (Fsp3) is 0.0769. The number of rotatable bonds is 1. The van der Waals surface area contributed by atoms with E-state index in [2.05, 4.69) is 0 Å². The van der Waals surface area contributed by atoms with Crippen molar-refractivity contribution in [2.45, 2.75) is 6.61 Å². The van der Waals surface area contributed by atoms with Crippen LogP contribution in [0.1, 0.15) is 5.56 Å². The maximum absolute atomic E-state index is 5.86. The molecule has 0 saturated carbocycles. The fourth-order valence-corrected chi connectivity index (χ4v) is 2.97. The van der Waals surface area contributed by atoms with Crippen LogP contribution in [0.4, 0.5) is 0 Å². The first-order chi connectivity index (χ1) is 7.93. The molecule has 0 N–H and O–H groups in total. The van der Waals surface area contributed by atoms with Crippen molar-refractivity contribution in [3.63, 3.8) is 0 Å². The molecule has 0 amide bonds. The van der Waals surface area contributed by atoms with Crippen LogP contribution in [-0.2, 0) is 11.1 Å². The average Bonchev–Trinajstić information content (AvgIpc) is 2.39. The molecule has 80 valence electrons. The van der Waals surface area contributed by atoms with Gasteiger partial charge in [0.05, 0.1) is 6.61 Å². The van der Waals surface area contributed by atoms with E-state index in [1.54, 1.807) is 0 Å². The molecule has 1 heterocycles. The van der Waals surface area contributed by atoms with E-state index >= 15 is 0 Å². The maximum atomic E-state index is 5.86. The van der Waals surface area contributed by atoms with Crippen LogP contribution in [0.3, 0.4) is 0 Å². The molecule has 2 aromatic rings. The second-order valence-electron chi connectivity index (χ2n) is 3.57. The van der Waals surface area contributed by atoms with E-state index < -0.39 is 8.38 Å². The summed E-state index contributed by atoms with van der Waals surface area (Å²) in [4.78, 5) is 0. The lowest BCUT2D eigenvalue weighted by atomic mass is 10.2. The number of para-hydroxylation sites is 1. The van der Waals surface area contributed by atoms with E-state index in [0.29, 0.717) is 6.61 Å². The molecule has 1 aliphatic heterocycles. The molecular weight excluding hydrogens is 219 g/mol. The van der Waals surface area contributed by atoms with E-state index in [1.165, 1.54) is 0 Å². The van der Waals surface area contributed by atoms with Crippen LogP contribution >= 0.6 is 8.38 Å². The summed E-state index contributed by atoms with van der Waals surface area (Å²) in [6.45, 7) is 0.636. The molecule has 0 bridgehead atoms. The van der Waals surface area contributed by atoms with Crippen LogP contribution in [-0.4, -0.2) is 0 Å². The Hall–Kier alpha value is -1.37. The highest BCUT2D eigenvalue weighted by Crippen LogP contribution is 2.45. The number of hydrogen-bond acceptors (Lipinski definition) is 2. The van der Waals surface area contributed by atoms with Crippen molar-refractivity contribution in [2.24, 2.45) is 0 Å². The normalized spacial score (nSPS) is 18.6. The van der Waals surface area contributed by atoms with Gasteiger partial charge in [-0.1, -0.05) is 36.4 Å². The topological polar surface area (TPSA) is 18.5 Å². The third kappa shape index (κ3) is 1.82. The van der Waals surface area contributed by atoms with Crippen LogP contribution in [0.25, 0.3) is 0 Å². The third-order valence-corrected chi connectivity index (χ3v) is 3.90. The van der Waals surface area contributed by atoms with Crippen molar-refractivity contribution < 1.29 is 9.05 Å². The molecule has 0 fully saturated rings. The van der Waals surface area contributed by atoms with Crippen molar-refractivity contribution in [1.82, 2.24) is 0 Å². The molecule has 1 unspecified atom stereocenters. The van der Waals surface area contributed by atoms with Crippen LogP contribution in [0.15, 0.2) is 54.6 Å². The Morgan fingerprint density at radius 1 is 0.875 bits per heavy atom. The van der Waals surface area contributed by atoms with E-state index in [4.69, 9.17) is 9.05 Å². The van der Waals surface area contributed by atoms with Gasteiger partial charge >= 0.3 is 0 Å². The van der Waals surface area contributed by atoms with Crippen molar-refractivity contribution in [3.8, 4) is 5.75 Å². The Morgan fingerprint density at radius 3 is 2.50 bits per heavy atom. The molecule has 1 atom stereocenters. The average molecular weight is 230 g/mol. The molecule has 0 aliphatic carbocycles. The predicted molar refractivity (Wildman–Crippen MR) is 64.9 cm³/mol. The van der Waals surface area contributed by atoms with Crippen LogP contribution < -0.4 is 9.83 Å². The number of hydrogen-bond donors (Lipinski definition) is 0. The van der Waals surface area contributed by atoms with Crippen LogP contribution in [0.2, 0.25) is 0 Å². The largest absolute Gasteiger partial charge is 0.443 e. The first kappa shape index (κ1) is 9.83. The SMILES string of the molecule is c1ccc(P2OCc3ccccc3O2)cc1. The van der Waals surface area contributed by atoms with Gasteiger partial charge < -0.3 is 9.05 Å². The lowest BCUT2D eigenvalue weighted by Gasteiger charge is -2.24. The first-order valence-electron chi connectivity index (χ1n) is 5.17. The molecular formula is C13H11O2P. The second-order valence-corrected chi connectivity index (χ2v) is 5.04. The monoisotopic (exact) mass is 230 g/mol. The van der Waals surface area contributed by atoms with E-state index in [-0.39, 0.29) is 0 Å². The smallest absolute Gasteiger partial charge is 0.265 e. The summed E-state index contributed by atoms with van der Waals surface area (Å²) in [6.07, 6.45) is 0. The molecule has 2 aromatic carbocycles. The fourth-order valence-electron chi connectivity index (χ4n) is 1.63. The second kappa shape index (κ2) is 4.25. The molecule has 1 aliphatic rings. The van der Waals surface area contributed by atoms with Gasteiger partial charge in [0.15, 0.2) is 0 Å². The van der Waals surface area contributed by atoms with Gasteiger partial charge in [-0.15, -0.1) is 0 Å². The van der Waals surface area contributed by atoms with Gasteiger partial charge in [0.2, 0.25) is 0 Å². The number of benzene rings is 2. The minimum Gasteiger partial charge on any atom is -0.443 e. The molecule has 3 heteroatoms. The van der Waals surface area contributed by atoms with Gasteiger partial charge in [-0.25, -0.2) is 0 Å². The summed E-state index contributed by atoms with van der Waals surface area (Å²) in [6, 6.07) is 18.1. The zero-order chi connectivity index (χ0) is 10.8. The van der Waals surface area contributed by atoms with Crippen molar-refractivity contribution in [1.29, 1.82) is 0 Å². The van der Waals surface area contributed by atoms with E-state index in [0.717, 1.165) is 16.6 Å². The van der Waals surface area contributed by atoms with Gasteiger partial charge in [-0.05, 0) is 18.2 Å². The predicted octanol–water partition coefficient (Wildman–Crippen LogP) is 3.23. The molecule has 16 heavy (non-hydrogen) atoms. The van der Waals surface area contributed by atoms with Gasteiger partial charge in [-0.3, -0.25) is 0 Å². The standard InChI is InChI=1S/C13H11O2P/c1-2-7-12(8-3-1)16-14-10-11-6-4-5-9-13(11)15-16/h1-9H,10H2. The van der Waals surface area contributed by atoms with Crippen molar-refractivity contribution in [3.05, 3.63) is 60.2 Å². The van der Waals surface area contributed by atoms with E-state index in [9.17, 15) is 0 Å². The molecule has 0 radical (unpaired) electrons. The molecule has 3 rings (SSSR count). The number of fused-ring (bicyclic) bond motifs is 1. The highest BCUT2D eigenvalue weighted by Gasteiger charge is 2.22. The Labute approximate surface area is 95.7 Å². The Morgan fingerprint density at radius 2 is 1.62 bits per heavy atom. The van der Waals surface area contributed by atoms with Crippen LogP contribution in [0.5, 0.6) is 5.75 Å².